The summed E-state index contributed by atoms with van der Waals surface area (Å²) in [5.41, 5.74) is 22.0. The van der Waals surface area contributed by atoms with Crippen molar-refractivity contribution in [2.75, 3.05) is 17.7 Å². The number of para-hydroxylation sites is 2. The first-order chi connectivity index (χ1) is 55.7. The number of aromatic nitrogens is 14. The number of nitrogens with zero attached hydrogens (tertiary/aromatic N) is 14. The molecule has 1 aliphatic rings. The molecule has 0 saturated heterocycles. The van der Waals surface area contributed by atoms with Gasteiger partial charge in [-0.15, -0.1) is 34.0 Å². The molecule has 19 rings (SSSR count). The van der Waals surface area contributed by atoms with Crippen LogP contribution in [0.4, 0.5) is 11.6 Å². The lowest BCUT2D eigenvalue weighted by molar-refractivity contribution is 0.380. The van der Waals surface area contributed by atoms with Crippen LogP contribution in [0.2, 0.25) is 0 Å². The van der Waals surface area contributed by atoms with Crippen molar-refractivity contribution in [3.05, 3.63) is 329 Å². The van der Waals surface area contributed by atoms with Crippen molar-refractivity contribution in [2.45, 2.75) is 77.8 Å². The van der Waals surface area contributed by atoms with Crippen LogP contribution in [0.3, 0.4) is 0 Å². The Balaban J connectivity index is 0.000000124. The molecule has 1 aliphatic carbocycles. The highest BCUT2D eigenvalue weighted by Crippen LogP contribution is 2.37. The number of methoxy groups -OCH3 is 1. The average molecular weight is 1560 g/mol. The molecule has 18 aromatic rings. The van der Waals surface area contributed by atoms with Crippen LogP contribution < -0.4 is 37.6 Å². The van der Waals surface area contributed by atoms with E-state index < -0.39 is 0 Å². The van der Waals surface area contributed by atoms with E-state index in [0.717, 1.165) is 133 Å². The van der Waals surface area contributed by atoms with E-state index in [0.29, 0.717) is 39.7 Å². The molecule has 0 bridgehead atoms. The number of ether oxygens (including phenoxy) is 1. The third kappa shape index (κ3) is 14.4. The van der Waals surface area contributed by atoms with Gasteiger partial charge in [0.2, 0.25) is 5.56 Å². The summed E-state index contributed by atoms with van der Waals surface area (Å²) in [4.78, 5) is 101. The van der Waals surface area contributed by atoms with Gasteiger partial charge in [-0.1, -0.05) is 110 Å². The zero-order valence-corrected chi connectivity index (χ0v) is 65.4. The predicted octanol–water partition coefficient (Wildman–Crippen LogP) is 18.2. The molecule has 0 fully saturated rings. The number of thiazole rings is 3. The SMILES string of the molecule is COc1ncc(-c2cccc3cc([C@H](C)Nc4ncnc5scnc45)n(-c4cccc(C)c4)c(=O)c23)cn1.C[C@H](Cc1nccc2scnc12)c1cc2cccc(-c3ccc(=O)n(C)c3)c2c(=O)n1-c1ccccc1.C[C@H](Nc1nccc2scnc12)c1cc2cccc(-c3cnc4c(c3)CCCC4)c2c(=O)n1-c1ccccc1. The monoisotopic (exact) mass is 1550 g/mol. The van der Waals surface area contributed by atoms with Gasteiger partial charge in [-0.3, -0.25) is 42.8 Å². The molecule has 0 spiro atoms. The van der Waals surface area contributed by atoms with Crippen LogP contribution in [0, 0.1) is 6.92 Å². The van der Waals surface area contributed by atoms with Crippen molar-refractivity contribution in [3.63, 3.8) is 0 Å². The highest BCUT2D eigenvalue weighted by atomic mass is 32.1. The Labute approximate surface area is 665 Å². The van der Waals surface area contributed by atoms with Gasteiger partial charge in [-0.2, -0.15) is 0 Å². The van der Waals surface area contributed by atoms with Crippen LogP contribution >= 0.6 is 34.0 Å². The molecule has 21 nitrogen and oxygen atoms in total. The third-order valence-corrected chi connectivity index (χ3v) is 23.1. The molecule has 0 unspecified atom stereocenters. The molecule has 562 valence electrons. The van der Waals surface area contributed by atoms with Crippen LogP contribution in [-0.2, 0) is 26.3 Å². The van der Waals surface area contributed by atoms with Gasteiger partial charge in [0.15, 0.2) is 11.6 Å². The summed E-state index contributed by atoms with van der Waals surface area (Å²) in [7, 11) is 3.24. The topological polar surface area (TPSA) is 250 Å². The molecular formula is C90H74N16O5S3. The summed E-state index contributed by atoms with van der Waals surface area (Å²) in [6, 6.07) is 60.8. The van der Waals surface area contributed by atoms with Crippen molar-refractivity contribution in [1.29, 1.82) is 0 Å². The fourth-order valence-electron chi connectivity index (χ4n) is 15.3. The number of rotatable bonds is 16. The second-order valence-electron chi connectivity index (χ2n) is 28.2. The molecule has 0 amide bonds. The first-order valence-corrected chi connectivity index (χ1v) is 40.0. The standard InChI is InChI=1S/C32H27N5OS.C30H24N4O2S.C28H23N7O2S/c1-20(36-31-30-28(14-15-33-31)39-19-35-30)27-17-22-9-7-12-25(23-16-21-8-5-6-13-26(21)34-18-23)29(22)32(38)37(27)24-10-3-2-4-11-24;1-19(15-24-29-26(13-14-31-24)37-18-32-29)25-16-20-7-6-10-23(21-11-12-27(35)33(2)17-21)28(20)30(36)34(25)22-8-4-3-5-9-22;1-16-6-4-8-20(10-16)35-22(17(2)34-25-24-26(32-14-31-25)38-15-33-24)11-18-7-5-9-21(23(18)27(35)36)19-12-29-28(37-3)30-13-19/h2-4,7,9-12,14-20H,5-6,8,13H2,1H3,(H,33,36);3-14,16-19H,15H2,1-2H3;4-15,17H,1-3H3,(H,31,32,34)/t20-;19-;17-/m010/s1. The Kier molecular flexibility index (Phi) is 20.4. The minimum absolute atomic E-state index is 0.00157. The Morgan fingerprint density at radius 3 is 1.62 bits per heavy atom. The number of fused-ring (bicyclic) bond motifs is 7. The summed E-state index contributed by atoms with van der Waals surface area (Å²) >= 11 is 4.64. The van der Waals surface area contributed by atoms with Gasteiger partial charge >= 0.3 is 6.01 Å². The van der Waals surface area contributed by atoms with Gasteiger partial charge < -0.3 is 19.9 Å². The Morgan fingerprint density at radius 1 is 0.465 bits per heavy atom. The third-order valence-electron chi connectivity index (χ3n) is 20.8. The summed E-state index contributed by atoms with van der Waals surface area (Å²) in [5, 5.41) is 11.5. The molecule has 12 aromatic heterocycles. The highest BCUT2D eigenvalue weighted by Gasteiger charge is 2.26. The molecular weight excluding hydrogens is 1480 g/mol. The highest BCUT2D eigenvalue weighted by molar-refractivity contribution is 7.17. The lowest BCUT2D eigenvalue weighted by atomic mass is 9.92. The number of hydrogen-bond acceptors (Lipinski definition) is 20. The first-order valence-electron chi connectivity index (χ1n) is 37.4. The number of pyridine rings is 7. The lowest BCUT2D eigenvalue weighted by Crippen LogP contribution is -2.26. The van der Waals surface area contributed by atoms with E-state index in [2.05, 4.69) is 87.5 Å². The first kappa shape index (κ1) is 73.4. The van der Waals surface area contributed by atoms with Gasteiger partial charge in [-0.05, 0) is 181 Å². The van der Waals surface area contributed by atoms with Crippen LogP contribution in [0.1, 0.15) is 91.2 Å². The van der Waals surface area contributed by atoms with E-state index in [9.17, 15) is 19.2 Å². The average Bonchev–Trinajstić information content (AvgIpc) is 0.760. The van der Waals surface area contributed by atoms with E-state index >= 15 is 0 Å². The normalized spacial score (nSPS) is 12.8. The summed E-state index contributed by atoms with van der Waals surface area (Å²) < 4.78 is 14.2. The predicted molar refractivity (Wildman–Crippen MR) is 458 cm³/mol. The maximum Gasteiger partial charge on any atom is 0.316 e. The van der Waals surface area contributed by atoms with Crippen LogP contribution in [-0.4, -0.2) is 75.2 Å². The maximum atomic E-state index is 14.4. The molecule has 114 heavy (non-hydrogen) atoms. The Bertz CT molecular complexity index is 6940. The van der Waals surface area contributed by atoms with E-state index in [1.807, 2.05) is 204 Å². The quantitative estimate of drug-likeness (QED) is 0.0912. The van der Waals surface area contributed by atoms with Gasteiger partial charge in [0.25, 0.3) is 16.7 Å². The Morgan fingerprint density at radius 2 is 0.991 bits per heavy atom. The van der Waals surface area contributed by atoms with E-state index in [-0.39, 0.29) is 46.2 Å². The number of benzene rings is 6. The van der Waals surface area contributed by atoms with Crippen LogP contribution in [0.5, 0.6) is 6.01 Å². The fraction of sp³-hybridized carbons (Fsp3) is 0.156. The van der Waals surface area contributed by atoms with Gasteiger partial charge in [0.05, 0.1) is 67.0 Å². The Hall–Kier alpha value is -13.4. The molecule has 0 aliphatic heterocycles. The smallest absolute Gasteiger partial charge is 0.316 e. The number of anilines is 2. The van der Waals surface area contributed by atoms with Crippen LogP contribution in [0.15, 0.2) is 267 Å². The van der Waals surface area contributed by atoms with Crippen LogP contribution in [0.25, 0.3) is 114 Å². The minimum atomic E-state index is -0.277. The maximum absolute atomic E-state index is 14.4. The summed E-state index contributed by atoms with van der Waals surface area (Å²) in [6.45, 7) is 8.21. The molecule has 24 heteroatoms. The minimum Gasteiger partial charge on any atom is -0.467 e. The van der Waals surface area contributed by atoms with Crippen molar-refractivity contribution < 1.29 is 4.74 Å². The van der Waals surface area contributed by atoms with Crippen molar-refractivity contribution in [3.8, 4) is 56.5 Å². The molecule has 0 radical (unpaired) electrons. The molecule has 0 saturated carbocycles. The molecule has 2 N–H and O–H groups in total. The molecule has 3 atom stereocenters. The zero-order chi connectivity index (χ0) is 78.1. The van der Waals surface area contributed by atoms with E-state index in [4.69, 9.17) is 9.72 Å². The number of hydrogen-bond donors (Lipinski definition) is 2. The summed E-state index contributed by atoms with van der Waals surface area (Å²) in [5.74, 6) is 1.33. The van der Waals surface area contributed by atoms with E-state index in [1.54, 1.807) is 70.7 Å². The fourth-order valence-corrected chi connectivity index (χ4v) is 17.3. The summed E-state index contributed by atoms with van der Waals surface area (Å²) in [6.07, 6.45) is 17.3. The zero-order valence-electron chi connectivity index (χ0n) is 63.0. The molecule has 6 aromatic carbocycles. The van der Waals surface area contributed by atoms with E-state index in [1.165, 1.54) is 59.5 Å². The van der Waals surface area contributed by atoms with Crippen molar-refractivity contribution in [1.82, 2.24) is 68.1 Å². The lowest BCUT2D eigenvalue weighted by Gasteiger charge is -2.22. The van der Waals surface area contributed by atoms with Crippen molar-refractivity contribution in [2.24, 2.45) is 7.05 Å². The number of aryl methyl sites for hydroxylation is 4. The second-order valence-corrected chi connectivity index (χ2v) is 30.8. The van der Waals surface area contributed by atoms with Gasteiger partial charge in [0, 0.05) is 107 Å². The van der Waals surface area contributed by atoms with Crippen molar-refractivity contribution >= 4 is 109 Å². The second kappa shape index (κ2) is 31.8. The van der Waals surface area contributed by atoms with Gasteiger partial charge in [-0.25, -0.2) is 39.9 Å². The number of nitrogens with one attached hydrogen (secondary N) is 2. The molecule has 12 heterocycles. The van der Waals surface area contributed by atoms with Gasteiger partial charge in [0.1, 0.15) is 27.7 Å². The largest absolute Gasteiger partial charge is 0.467 e.